The molecular weight excluding hydrogens is 897 g/mol. The lowest BCUT2D eigenvalue weighted by Crippen LogP contribution is -2.61. The van der Waals surface area contributed by atoms with Crippen LogP contribution in [0.5, 0.6) is 0 Å². The van der Waals surface area contributed by atoms with Crippen LogP contribution in [0, 0.1) is 0 Å². The van der Waals surface area contributed by atoms with Gasteiger partial charge < -0.3 is 64.2 Å². The van der Waals surface area contributed by atoms with Gasteiger partial charge in [0.15, 0.2) is 12.6 Å². The Morgan fingerprint density at radius 3 is 1.30 bits per heavy atom. The van der Waals surface area contributed by atoms with Gasteiger partial charge in [-0.2, -0.15) is 0 Å². The van der Waals surface area contributed by atoms with E-state index in [1.807, 2.05) is 0 Å². The summed E-state index contributed by atoms with van der Waals surface area (Å²) in [5.74, 6) is -0.372. The van der Waals surface area contributed by atoms with Gasteiger partial charge in [-0.05, 0) is 38.5 Å². The third kappa shape index (κ3) is 30.8. The van der Waals surface area contributed by atoms with Gasteiger partial charge in [0.05, 0.1) is 26.4 Å². The lowest BCUT2D eigenvalue weighted by molar-refractivity contribution is -0.332. The highest BCUT2D eigenvalue weighted by Gasteiger charge is 2.47. The molecule has 0 radical (unpaired) electrons. The van der Waals surface area contributed by atoms with Crippen LogP contribution in [-0.4, -0.2) is 142 Å². The first kappa shape index (κ1) is 64.8. The monoisotopic (exact) mass is 1000 g/mol. The topological polar surface area (TPSA) is 214 Å². The van der Waals surface area contributed by atoms with Crippen molar-refractivity contribution >= 4 is 5.97 Å². The maximum atomic E-state index is 13.0. The minimum absolute atomic E-state index is 0.0673. The molecule has 0 spiro atoms. The summed E-state index contributed by atoms with van der Waals surface area (Å²) in [5.41, 5.74) is 0. The van der Waals surface area contributed by atoms with E-state index in [0.29, 0.717) is 13.0 Å². The van der Waals surface area contributed by atoms with Gasteiger partial charge in [0.1, 0.15) is 54.9 Å². The average Bonchev–Trinajstić information content (AvgIpc) is 3.36. The number of carbonyl (C=O) groups is 1. The van der Waals surface area contributed by atoms with Crippen molar-refractivity contribution in [3.63, 3.8) is 0 Å². The van der Waals surface area contributed by atoms with Crippen molar-refractivity contribution in [2.45, 2.75) is 306 Å². The maximum Gasteiger partial charge on any atom is 0.306 e. The first-order valence-electron chi connectivity index (χ1n) is 28.8. The van der Waals surface area contributed by atoms with Crippen molar-refractivity contribution in [3.05, 3.63) is 12.2 Å². The Labute approximate surface area is 425 Å². The molecular formula is C56H106O14. The summed E-state index contributed by atoms with van der Waals surface area (Å²) in [6.45, 7) is 3.72. The SMILES string of the molecule is CCCCCCCCCC/C=C\CCCCCCCCCCCCCCOCC(COC1OC(COC2OC(CO)C(O)C(O)C2O)C(O)C(O)C1O)OC(=O)CCCCCCCCCCCCCC. The Kier molecular flexibility index (Phi) is 40.8. The normalized spacial score (nSPS) is 25.5. The van der Waals surface area contributed by atoms with Crippen molar-refractivity contribution in [1.82, 2.24) is 0 Å². The van der Waals surface area contributed by atoms with E-state index in [1.165, 1.54) is 173 Å². The zero-order valence-electron chi connectivity index (χ0n) is 44.3. The number of carbonyl (C=O) groups excluding carboxylic acids is 1. The number of aliphatic hydroxyl groups excluding tert-OH is 7. The fourth-order valence-corrected chi connectivity index (χ4v) is 9.34. The number of aliphatic hydroxyl groups is 7. The predicted octanol–water partition coefficient (Wildman–Crippen LogP) is 9.81. The molecule has 2 aliphatic heterocycles. The fourth-order valence-electron chi connectivity index (χ4n) is 9.34. The van der Waals surface area contributed by atoms with E-state index in [9.17, 15) is 40.5 Å². The number of unbranched alkanes of at least 4 members (excludes halogenated alkanes) is 31. The van der Waals surface area contributed by atoms with Crippen LogP contribution in [0.1, 0.15) is 239 Å². The summed E-state index contributed by atoms with van der Waals surface area (Å²) >= 11 is 0. The zero-order chi connectivity index (χ0) is 50.9. The highest BCUT2D eigenvalue weighted by Crippen LogP contribution is 2.27. The van der Waals surface area contributed by atoms with E-state index in [1.54, 1.807) is 0 Å². The summed E-state index contributed by atoms with van der Waals surface area (Å²) < 4.78 is 34.4. The van der Waals surface area contributed by atoms with E-state index in [2.05, 4.69) is 26.0 Å². The number of esters is 1. The molecule has 14 heteroatoms. The largest absolute Gasteiger partial charge is 0.457 e. The quantitative estimate of drug-likeness (QED) is 0.0172. The second-order valence-electron chi connectivity index (χ2n) is 20.5. The Hall–Kier alpha value is -1.27. The van der Waals surface area contributed by atoms with E-state index >= 15 is 0 Å². The number of ether oxygens (including phenoxy) is 6. The molecule has 11 unspecified atom stereocenters. The number of rotatable bonds is 47. The molecule has 0 aliphatic carbocycles. The van der Waals surface area contributed by atoms with Crippen molar-refractivity contribution in [2.24, 2.45) is 0 Å². The standard InChI is InChI=1S/C56H106O14/c1-3-5-7-9-11-13-15-17-18-19-20-21-22-23-24-25-26-27-28-30-32-34-36-38-40-65-42-45(68-48(58)39-37-35-33-31-29-16-14-12-10-8-6-4-2)43-66-55-54(64)52(62)50(60)47(70-55)44-67-56-53(63)51(61)49(59)46(41-57)69-56/h19-20,45-47,49-57,59-64H,3-18,21-44H2,1-2H3/b20-19-. The van der Waals surface area contributed by atoms with Gasteiger partial charge >= 0.3 is 5.97 Å². The van der Waals surface area contributed by atoms with Gasteiger partial charge in [0.25, 0.3) is 0 Å². The summed E-state index contributed by atoms with van der Waals surface area (Å²) in [7, 11) is 0. The Morgan fingerprint density at radius 1 is 0.457 bits per heavy atom. The molecule has 0 aromatic rings. The Morgan fingerprint density at radius 2 is 0.843 bits per heavy atom. The number of hydrogen-bond donors (Lipinski definition) is 7. The lowest BCUT2D eigenvalue weighted by atomic mass is 9.98. The van der Waals surface area contributed by atoms with E-state index in [4.69, 9.17) is 28.4 Å². The predicted molar refractivity (Wildman–Crippen MR) is 275 cm³/mol. The van der Waals surface area contributed by atoms with Crippen LogP contribution in [-0.2, 0) is 33.2 Å². The molecule has 2 fully saturated rings. The van der Waals surface area contributed by atoms with Crippen LogP contribution in [0.3, 0.4) is 0 Å². The first-order chi connectivity index (χ1) is 34.1. The van der Waals surface area contributed by atoms with Crippen LogP contribution in [0.15, 0.2) is 12.2 Å². The summed E-state index contributed by atoms with van der Waals surface area (Å²) in [6, 6.07) is 0. The molecule has 7 N–H and O–H groups in total. The van der Waals surface area contributed by atoms with Crippen molar-refractivity contribution in [2.75, 3.05) is 33.0 Å². The van der Waals surface area contributed by atoms with E-state index < -0.39 is 80.7 Å². The highest BCUT2D eigenvalue weighted by molar-refractivity contribution is 5.69. The van der Waals surface area contributed by atoms with Gasteiger partial charge in [-0.1, -0.05) is 206 Å². The second-order valence-corrected chi connectivity index (χ2v) is 20.5. The Bertz CT molecular complexity index is 1210. The molecule has 0 bridgehead atoms. The van der Waals surface area contributed by atoms with Crippen LogP contribution >= 0.6 is 0 Å². The Balaban J connectivity index is 1.67. The fraction of sp³-hybridized carbons (Fsp3) is 0.946. The zero-order valence-corrected chi connectivity index (χ0v) is 44.3. The molecule has 2 aliphatic rings. The van der Waals surface area contributed by atoms with E-state index in [-0.39, 0.29) is 25.6 Å². The molecule has 2 heterocycles. The molecule has 2 rings (SSSR count). The molecule has 70 heavy (non-hydrogen) atoms. The molecule has 14 nitrogen and oxygen atoms in total. The summed E-state index contributed by atoms with van der Waals surface area (Å²) in [4.78, 5) is 13.0. The van der Waals surface area contributed by atoms with Crippen molar-refractivity contribution < 1.29 is 69.0 Å². The minimum Gasteiger partial charge on any atom is -0.457 e. The average molecular weight is 1000 g/mol. The van der Waals surface area contributed by atoms with Crippen molar-refractivity contribution in [3.8, 4) is 0 Å². The minimum atomic E-state index is -1.70. The van der Waals surface area contributed by atoms with Crippen LogP contribution in [0.25, 0.3) is 0 Å². The first-order valence-corrected chi connectivity index (χ1v) is 28.8. The molecule has 0 aromatic carbocycles. The maximum absolute atomic E-state index is 13.0. The third-order valence-corrected chi connectivity index (χ3v) is 14.0. The van der Waals surface area contributed by atoms with E-state index in [0.717, 1.165) is 38.5 Å². The summed E-state index contributed by atoms with van der Waals surface area (Å²) in [6.07, 6.45) is 31.4. The van der Waals surface area contributed by atoms with Gasteiger partial charge in [-0.3, -0.25) is 4.79 Å². The number of hydrogen-bond acceptors (Lipinski definition) is 14. The van der Waals surface area contributed by atoms with Crippen molar-refractivity contribution in [1.29, 1.82) is 0 Å². The summed E-state index contributed by atoms with van der Waals surface area (Å²) in [5, 5.41) is 72.2. The smallest absolute Gasteiger partial charge is 0.306 e. The van der Waals surface area contributed by atoms with Gasteiger partial charge in [0.2, 0.25) is 0 Å². The van der Waals surface area contributed by atoms with Gasteiger partial charge in [0, 0.05) is 13.0 Å². The van der Waals surface area contributed by atoms with Gasteiger partial charge in [-0.15, -0.1) is 0 Å². The molecule has 2 saturated heterocycles. The van der Waals surface area contributed by atoms with Gasteiger partial charge in [-0.25, -0.2) is 0 Å². The second kappa shape index (κ2) is 44.1. The lowest BCUT2D eigenvalue weighted by Gasteiger charge is -2.42. The molecule has 414 valence electrons. The molecule has 0 saturated carbocycles. The van der Waals surface area contributed by atoms with Crippen LogP contribution in [0.4, 0.5) is 0 Å². The molecule has 11 atom stereocenters. The highest BCUT2D eigenvalue weighted by atomic mass is 16.7. The molecule has 0 amide bonds. The third-order valence-electron chi connectivity index (χ3n) is 14.0. The van der Waals surface area contributed by atoms with Crippen LogP contribution in [0.2, 0.25) is 0 Å². The number of allylic oxidation sites excluding steroid dienone is 2. The molecule has 0 aromatic heterocycles. The van der Waals surface area contributed by atoms with Crippen LogP contribution < -0.4 is 0 Å².